The van der Waals surface area contributed by atoms with Crippen LogP contribution in [0.25, 0.3) is 11.1 Å². The minimum Gasteiger partial charge on any atom is -0.495 e. The van der Waals surface area contributed by atoms with Gasteiger partial charge >= 0.3 is 0 Å². The van der Waals surface area contributed by atoms with Gasteiger partial charge in [0.15, 0.2) is 69.1 Å². The smallest absolute Gasteiger partial charge is 0.225 e. The monoisotopic (exact) mass is 1520 g/mol. The Morgan fingerprint density at radius 2 is 0.888 bits per heavy atom. The highest BCUT2D eigenvalue weighted by molar-refractivity contribution is 6.31. The standard InChI is InChI=1S/C9H9NO3.C8H13N3O3.C8H11N3O2.C8H12N2O2.C7H8ClNO2.C7H10N2O3.2C7H10N2O2.C6H8N2O2/c1-12-6-3-9-8(10-4-6)2-7(5-11)13-9;1-14-7-3-10-8(11-4-7)9-2-6(13)5-12;1-13-7-2-9-8(10-3-7)11-4-6(12)5-11;1-8(2,11)7-9-4-6(12-3)5-10-7;1-11-5-2-6(8)7(4-10)9-3-5;1-12-5-2-8-7(9-3-5)6(11)4-10;1-5(10)7-8-3-6(11-2)4-9-7;1-11-6-4-8-7(2-3-10)9-5-6;1-10-5-2-7-6(4-9)8-3-5/h2-4,11H,5H2,1H3;3-4,6,12-13H,2,5H2,1H3,(H,9,10,11);2-3,6,12H,4-5H2,1H3;4-5,11H,1-3H3;2-3,10H,4H2,1H3;2-3,6,10-11H,4H2,1H3;3-5,10H,1-2H3;4-5,10H,2-3H2,1H3;2-3,9H,4H2,1H3. The molecule has 1 fully saturated rings. The zero-order valence-electron chi connectivity index (χ0n) is 60.8. The summed E-state index contributed by atoms with van der Waals surface area (Å²) in [7, 11) is 13.9. The Morgan fingerprint density at radius 1 is 0.486 bits per heavy atom. The molecule has 1 saturated heterocycles. The zero-order chi connectivity index (χ0) is 79.1. The molecule has 0 saturated carbocycles. The number of hydrogen-bond acceptors (Lipinski definition) is 39. The Labute approximate surface area is 620 Å². The van der Waals surface area contributed by atoms with Crippen molar-refractivity contribution in [1.29, 1.82) is 0 Å². The molecular weight excluding hydrogens is 1430 g/mol. The fourth-order valence-corrected chi connectivity index (χ4v) is 7.29. The van der Waals surface area contributed by atoms with E-state index >= 15 is 0 Å². The van der Waals surface area contributed by atoms with E-state index in [1.165, 1.54) is 96.6 Å². The number of nitrogens with zero attached hydrogens (tertiary/aromatic N) is 17. The molecule has 3 atom stereocenters. The van der Waals surface area contributed by atoms with E-state index in [1.54, 1.807) is 106 Å². The first kappa shape index (κ1) is 90.3. The van der Waals surface area contributed by atoms with Crippen LogP contribution in [-0.2, 0) is 31.8 Å². The van der Waals surface area contributed by atoms with Crippen molar-refractivity contribution in [3.63, 3.8) is 0 Å². The second-order valence-electron chi connectivity index (χ2n) is 21.3. The molecule has 3 unspecified atom stereocenters. The lowest BCUT2D eigenvalue weighted by Gasteiger charge is -2.35. The van der Waals surface area contributed by atoms with Gasteiger partial charge in [0.05, 0.1) is 212 Å². The van der Waals surface area contributed by atoms with Crippen LogP contribution in [0.15, 0.2) is 122 Å². The summed E-state index contributed by atoms with van der Waals surface area (Å²) in [6.07, 6.45) is 22.4. The maximum atomic E-state index is 9.49. The molecule has 12 N–H and O–H groups in total. The predicted molar refractivity (Wildman–Crippen MR) is 383 cm³/mol. The van der Waals surface area contributed by atoms with E-state index < -0.39 is 23.9 Å². The number of nitrogens with one attached hydrogen (secondary N) is 1. The third-order valence-electron chi connectivity index (χ3n) is 13.0. The molecular formula is C67H91ClN18O21. The number of aromatic nitrogens is 16. The Morgan fingerprint density at radius 3 is 1.27 bits per heavy atom. The van der Waals surface area contributed by atoms with Crippen molar-refractivity contribution in [2.24, 2.45) is 0 Å². The van der Waals surface area contributed by atoms with Gasteiger partial charge in [-0.25, -0.2) is 74.8 Å². The van der Waals surface area contributed by atoms with E-state index in [-0.39, 0.29) is 58.1 Å². The van der Waals surface area contributed by atoms with Gasteiger partial charge in [-0.05, 0) is 20.8 Å². The van der Waals surface area contributed by atoms with Gasteiger partial charge in [0.2, 0.25) is 11.9 Å². The van der Waals surface area contributed by atoms with Crippen LogP contribution in [0, 0.1) is 0 Å². The Balaban J connectivity index is 0.000000313. The molecule has 0 bridgehead atoms. The molecule has 0 aliphatic carbocycles. The van der Waals surface area contributed by atoms with E-state index in [4.69, 9.17) is 110 Å². The van der Waals surface area contributed by atoms with Crippen LogP contribution in [0.1, 0.15) is 73.6 Å². The average Bonchev–Trinajstić information content (AvgIpc) is 1.56. The number of aliphatic hydroxyl groups excluding tert-OH is 10. The lowest BCUT2D eigenvalue weighted by atomic mass is 10.1. The number of rotatable bonds is 23. The van der Waals surface area contributed by atoms with Crippen molar-refractivity contribution >= 4 is 34.6 Å². The van der Waals surface area contributed by atoms with Crippen LogP contribution >= 0.6 is 11.6 Å². The van der Waals surface area contributed by atoms with Crippen LogP contribution in [0.3, 0.4) is 0 Å². The largest absolute Gasteiger partial charge is 0.495 e. The van der Waals surface area contributed by atoms with Gasteiger partial charge in [0.1, 0.15) is 59.6 Å². The molecule has 0 amide bonds. The number of anilines is 2. The lowest BCUT2D eigenvalue weighted by Crippen LogP contribution is -2.51. The quantitative estimate of drug-likeness (QED) is 0.0437. The lowest BCUT2D eigenvalue weighted by molar-refractivity contribution is 0.0685. The summed E-state index contributed by atoms with van der Waals surface area (Å²) in [6, 6.07) is 5.05. The van der Waals surface area contributed by atoms with E-state index in [0.717, 1.165) is 5.52 Å². The predicted octanol–water partition coefficient (Wildman–Crippen LogP) is 2.24. The Kier molecular flexibility index (Phi) is 42.6. The van der Waals surface area contributed by atoms with Gasteiger partial charge in [-0.3, -0.25) is 4.98 Å². The fourth-order valence-electron chi connectivity index (χ4n) is 7.08. The Bertz CT molecular complexity index is 3940. The number of methoxy groups -OCH3 is 9. The minimum absolute atomic E-state index is 0.0757. The molecule has 10 aromatic heterocycles. The number of pyridine rings is 2. The first-order chi connectivity index (χ1) is 51.4. The van der Waals surface area contributed by atoms with Crippen molar-refractivity contribution in [1.82, 2.24) is 79.7 Å². The molecule has 0 aromatic carbocycles. The summed E-state index contributed by atoms with van der Waals surface area (Å²) in [5, 5.41) is 101. The van der Waals surface area contributed by atoms with Crippen molar-refractivity contribution < 1.29 is 103 Å². The third-order valence-corrected chi connectivity index (χ3v) is 13.3. The van der Waals surface area contributed by atoms with Crippen LogP contribution in [0.5, 0.6) is 51.7 Å². The van der Waals surface area contributed by atoms with E-state index in [2.05, 4.69) is 85.1 Å². The van der Waals surface area contributed by atoms with Gasteiger partial charge in [-0.15, -0.1) is 0 Å². The normalized spacial score (nSPS) is 11.8. The third kappa shape index (κ3) is 34.2. The highest BCUT2D eigenvalue weighted by atomic mass is 35.5. The van der Waals surface area contributed by atoms with E-state index in [9.17, 15) is 5.11 Å². The topological polar surface area (TPSA) is 540 Å². The first-order valence-electron chi connectivity index (χ1n) is 31.6. The van der Waals surface area contributed by atoms with Gasteiger partial charge in [-0.2, -0.15) is 0 Å². The highest BCUT2D eigenvalue weighted by Crippen LogP contribution is 2.23. The minimum atomic E-state index is -1.02. The summed E-state index contributed by atoms with van der Waals surface area (Å²) in [5.74, 6) is 8.94. The van der Waals surface area contributed by atoms with Crippen LogP contribution in [0.2, 0.25) is 5.02 Å². The van der Waals surface area contributed by atoms with E-state index in [0.29, 0.717) is 129 Å². The molecule has 39 nitrogen and oxygen atoms in total. The van der Waals surface area contributed by atoms with Gasteiger partial charge in [-0.1, -0.05) is 11.6 Å². The van der Waals surface area contributed by atoms with E-state index in [1.807, 2.05) is 4.90 Å². The summed E-state index contributed by atoms with van der Waals surface area (Å²) >= 11 is 5.71. The Hall–Kier alpha value is -11.0. The molecule has 11 heterocycles. The van der Waals surface area contributed by atoms with Crippen molar-refractivity contribution in [3.05, 3.63) is 163 Å². The SMILES string of the molecule is COc1cnc(C(C)(C)O)nc1.COc1cnc(C(C)O)nc1.COc1cnc(C(O)CO)nc1.COc1cnc(CCO)nc1.COc1cnc(CO)c(Cl)c1.COc1cnc(CO)nc1.COc1cnc(N2CC(O)C2)nc1.COc1cnc(NCC(O)CO)nc1.COc1cnc2cc(CO)oc2c1. The molecule has 107 heavy (non-hydrogen) atoms. The average molecular weight is 1520 g/mol. The van der Waals surface area contributed by atoms with Crippen molar-refractivity contribution in [2.45, 2.75) is 77.0 Å². The highest BCUT2D eigenvalue weighted by Gasteiger charge is 2.26. The summed E-state index contributed by atoms with van der Waals surface area (Å²) < 4.78 is 49.1. The molecule has 10 aromatic rings. The number of hydrogen-bond donors (Lipinski definition) is 12. The number of ether oxygens (including phenoxy) is 9. The summed E-state index contributed by atoms with van der Waals surface area (Å²) in [6.45, 7) is 5.33. The molecule has 0 spiro atoms. The fraction of sp³-hybridized carbons (Fsp3) is 0.403. The molecule has 1 aliphatic rings. The van der Waals surface area contributed by atoms with Crippen molar-refractivity contribution in [2.75, 3.05) is 114 Å². The van der Waals surface area contributed by atoms with Gasteiger partial charge in [0.25, 0.3) is 0 Å². The van der Waals surface area contributed by atoms with Gasteiger partial charge in [0, 0.05) is 44.3 Å². The van der Waals surface area contributed by atoms with Crippen LogP contribution < -0.4 is 52.8 Å². The zero-order valence-corrected chi connectivity index (χ0v) is 61.6. The summed E-state index contributed by atoms with van der Waals surface area (Å²) in [4.78, 5) is 64.5. The van der Waals surface area contributed by atoms with Gasteiger partial charge < -0.3 is 113 Å². The molecule has 582 valence electrons. The number of fused-ring (bicyclic) bond motifs is 1. The maximum absolute atomic E-state index is 9.49. The number of aliphatic hydroxyl groups is 11. The number of β-amino-alcohol motifs (C(OH)–C–C–N with tert-alkyl or cyclic N) is 1. The molecule has 1 aliphatic heterocycles. The molecule has 40 heteroatoms. The number of furan rings is 1. The van der Waals surface area contributed by atoms with Crippen LogP contribution in [-0.4, -0.2) is 252 Å². The molecule has 0 radical (unpaired) electrons. The number of halogens is 1. The first-order valence-corrected chi connectivity index (χ1v) is 32.0. The van der Waals surface area contributed by atoms with Crippen molar-refractivity contribution in [3.8, 4) is 51.7 Å². The summed E-state index contributed by atoms with van der Waals surface area (Å²) in [5.41, 5.74) is 0.826. The second kappa shape index (κ2) is 50.5. The second-order valence-corrected chi connectivity index (χ2v) is 21.7. The van der Waals surface area contributed by atoms with Crippen LogP contribution in [0.4, 0.5) is 11.9 Å². The molecule has 11 rings (SSSR count). The maximum Gasteiger partial charge on any atom is 0.225 e.